The van der Waals surface area contributed by atoms with Gasteiger partial charge in [-0.05, 0) is 48.7 Å². The maximum absolute atomic E-state index is 12.0. The number of anilines is 1. The first-order valence-corrected chi connectivity index (χ1v) is 7.23. The van der Waals surface area contributed by atoms with Crippen LogP contribution in [0.4, 0.5) is 5.69 Å². The van der Waals surface area contributed by atoms with Gasteiger partial charge in [-0.3, -0.25) is 4.79 Å². The summed E-state index contributed by atoms with van der Waals surface area (Å²) in [5.74, 6) is -0.182. The molecule has 0 bridgehead atoms. The van der Waals surface area contributed by atoms with E-state index in [1.165, 1.54) is 6.08 Å². The molecule has 0 atom stereocenters. The van der Waals surface area contributed by atoms with Crippen LogP contribution in [0.3, 0.4) is 0 Å². The number of nitrogens with one attached hydrogen (secondary N) is 1. The molecule has 0 aliphatic heterocycles. The van der Waals surface area contributed by atoms with Crippen LogP contribution in [0.1, 0.15) is 16.7 Å². The third kappa shape index (κ3) is 4.10. The Morgan fingerprint density at radius 1 is 1.05 bits per heavy atom. The summed E-state index contributed by atoms with van der Waals surface area (Å²) in [4.78, 5) is 12.0. The van der Waals surface area contributed by atoms with Crippen LogP contribution in [-0.2, 0) is 4.79 Å². The average molecular weight is 320 g/mol. The molecular formula is C17H15Cl2NO. The smallest absolute Gasteiger partial charge is 0.248 e. The van der Waals surface area contributed by atoms with Crippen LogP contribution >= 0.6 is 23.2 Å². The standard InChI is InChI=1S/C17H15Cl2NO/c1-11-4-3-5-12(2)17(11)20-16(21)9-7-13-6-8-14(18)15(19)10-13/h3-10H,1-2H3,(H,20,21)/b9-7+. The van der Waals surface area contributed by atoms with Gasteiger partial charge >= 0.3 is 0 Å². The highest BCUT2D eigenvalue weighted by atomic mass is 35.5. The topological polar surface area (TPSA) is 29.1 Å². The summed E-state index contributed by atoms with van der Waals surface area (Å²) in [6, 6.07) is 11.1. The van der Waals surface area contributed by atoms with Crippen molar-refractivity contribution in [3.8, 4) is 0 Å². The summed E-state index contributed by atoms with van der Waals surface area (Å²) in [6.07, 6.45) is 3.18. The Balaban J connectivity index is 2.11. The Labute approximate surface area is 134 Å². The number of carbonyl (C=O) groups excluding carboxylic acids is 1. The molecule has 0 aliphatic carbocycles. The molecule has 0 saturated heterocycles. The minimum absolute atomic E-state index is 0.182. The molecule has 4 heteroatoms. The fraction of sp³-hybridized carbons (Fsp3) is 0.118. The number of benzene rings is 2. The molecular weight excluding hydrogens is 305 g/mol. The number of aryl methyl sites for hydroxylation is 2. The minimum atomic E-state index is -0.182. The zero-order chi connectivity index (χ0) is 15.4. The molecule has 2 rings (SSSR count). The van der Waals surface area contributed by atoms with Crippen LogP contribution in [0.15, 0.2) is 42.5 Å². The van der Waals surface area contributed by atoms with Gasteiger partial charge in [0, 0.05) is 11.8 Å². The SMILES string of the molecule is Cc1cccc(C)c1NC(=O)/C=C/c1ccc(Cl)c(Cl)c1. The maximum Gasteiger partial charge on any atom is 0.248 e. The Morgan fingerprint density at radius 3 is 2.33 bits per heavy atom. The first kappa shape index (κ1) is 15.6. The van der Waals surface area contributed by atoms with E-state index in [1.54, 1.807) is 24.3 Å². The Morgan fingerprint density at radius 2 is 1.71 bits per heavy atom. The fourth-order valence-corrected chi connectivity index (χ4v) is 2.27. The van der Waals surface area contributed by atoms with E-state index in [2.05, 4.69) is 5.32 Å². The van der Waals surface area contributed by atoms with E-state index in [0.717, 1.165) is 22.4 Å². The highest BCUT2D eigenvalue weighted by Gasteiger charge is 2.04. The van der Waals surface area contributed by atoms with Crippen molar-refractivity contribution >= 4 is 40.9 Å². The zero-order valence-corrected chi connectivity index (χ0v) is 13.3. The first-order chi connectivity index (χ1) is 9.97. The van der Waals surface area contributed by atoms with Crippen molar-refractivity contribution < 1.29 is 4.79 Å². The number of halogens is 2. The molecule has 1 N–H and O–H groups in total. The second kappa shape index (κ2) is 6.79. The summed E-state index contributed by atoms with van der Waals surface area (Å²) in [5.41, 5.74) is 3.74. The van der Waals surface area contributed by atoms with Crippen molar-refractivity contribution in [1.82, 2.24) is 0 Å². The molecule has 0 saturated carbocycles. The molecule has 0 heterocycles. The third-order valence-electron chi connectivity index (χ3n) is 3.10. The van der Waals surface area contributed by atoms with Crippen LogP contribution in [0.2, 0.25) is 10.0 Å². The largest absolute Gasteiger partial charge is 0.322 e. The molecule has 2 nitrogen and oxygen atoms in total. The predicted molar refractivity (Wildman–Crippen MR) is 90.0 cm³/mol. The Kier molecular flexibility index (Phi) is 5.05. The number of hydrogen-bond donors (Lipinski definition) is 1. The van der Waals surface area contributed by atoms with Gasteiger partial charge in [0.15, 0.2) is 0 Å². The zero-order valence-electron chi connectivity index (χ0n) is 11.8. The van der Waals surface area contributed by atoms with Gasteiger partial charge in [-0.15, -0.1) is 0 Å². The highest BCUT2D eigenvalue weighted by molar-refractivity contribution is 6.42. The van der Waals surface area contributed by atoms with Crippen molar-refractivity contribution in [2.24, 2.45) is 0 Å². The van der Waals surface area contributed by atoms with E-state index in [4.69, 9.17) is 23.2 Å². The van der Waals surface area contributed by atoms with E-state index < -0.39 is 0 Å². The second-order valence-corrected chi connectivity index (χ2v) is 5.58. The van der Waals surface area contributed by atoms with Crippen molar-refractivity contribution in [3.63, 3.8) is 0 Å². The van der Waals surface area contributed by atoms with Crippen molar-refractivity contribution in [1.29, 1.82) is 0 Å². The number of para-hydroxylation sites is 1. The lowest BCUT2D eigenvalue weighted by Gasteiger charge is -2.09. The number of amides is 1. The maximum atomic E-state index is 12.0. The molecule has 0 radical (unpaired) electrons. The number of carbonyl (C=O) groups is 1. The summed E-state index contributed by atoms with van der Waals surface area (Å²) in [6.45, 7) is 3.93. The van der Waals surface area contributed by atoms with Gasteiger partial charge in [0.2, 0.25) is 5.91 Å². The molecule has 0 spiro atoms. The quantitative estimate of drug-likeness (QED) is 0.768. The van der Waals surface area contributed by atoms with Gasteiger partial charge in [-0.2, -0.15) is 0 Å². The summed E-state index contributed by atoms with van der Waals surface area (Å²) in [5, 5.41) is 3.85. The molecule has 0 unspecified atom stereocenters. The normalized spacial score (nSPS) is 10.9. The van der Waals surface area contributed by atoms with Gasteiger partial charge in [0.25, 0.3) is 0 Å². The molecule has 0 aromatic heterocycles. The minimum Gasteiger partial charge on any atom is -0.322 e. The van der Waals surface area contributed by atoms with Crippen molar-refractivity contribution in [2.45, 2.75) is 13.8 Å². The van der Waals surface area contributed by atoms with Crippen LogP contribution in [-0.4, -0.2) is 5.91 Å². The molecule has 0 aliphatic rings. The van der Waals surface area contributed by atoms with Gasteiger partial charge < -0.3 is 5.32 Å². The predicted octanol–water partition coefficient (Wildman–Crippen LogP) is 5.26. The lowest BCUT2D eigenvalue weighted by molar-refractivity contribution is -0.111. The van der Waals surface area contributed by atoms with Gasteiger partial charge in [0.05, 0.1) is 10.0 Å². The monoisotopic (exact) mass is 319 g/mol. The van der Waals surface area contributed by atoms with E-state index in [9.17, 15) is 4.79 Å². The van der Waals surface area contributed by atoms with Crippen molar-refractivity contribution in [3.05, 3.63) is 69.2 Å². The molecule has 1 amide bonds. The summed E-state index contributed by atoms with van der Waals surface area (Å²) < 4.78 is 0. The fourth-order valence-electron chi connectivity index (χ4n) is 1.96. The lowest BCUT2D eigenvalue weighted by Crippen LogP contribution is -2.10. The van der Waals surface area contributed by atoms with Gasteiger partial charge in [0.1, 0.15) is 0 Å². The van der Waals surface area contributed by atoms with E-state index in [0.29, 0.717) is 10.0 Å². The molecule has 2 aromatic carbocycles. The van der Waals surface area contributed by atoms with Gasteiger partial charge in [-0.25, -0.2) is 0 Å². The molecule has 21 heavy (non-hydrogen) atoms. The van der Waals surface area contributed by atoms with E-state index >= 15 is 0 Å². The third-order valence-corrected chi connectivity index (χ3v) is 3.84. The van der Waals surface area contributed by atoms with E-state index in [1.807, 2.05) is 32.0 Å². The van der Waals surface area contributed by atoms with Crippen LogP contribution in [0.25, 0.3) is 6.08 Å². The number of rotatable bonds is 3. The van der Waals surface area contributed by atoms with Crippen molar-refractivity contribution in [2.75, 3.05) is 5.32 Å². The Hall–Kier alpha value is -1.77. The van der Waals surface area contributed by atoms with Crippen LogP contribution in [0, 0.1) is 13.8 Å². The van der Waals surface area contributed by atoms with Crippen LogP contribution < -0.4 is 5.32 Å². The highest BCUT2D eigenvalue weighted by Crippen LogP contribution is 2.23. The van der Waals surface area contributed by atoms with Gasteiger partial charge in [-0.1, -0.05) is 47.5 Å². The lowest BCUT2D eigenvalue weighted by atomic mass is 10.1. The first-order valence-electron chi connectivity index (χ1n) is 6.47. The summed E-state index contributed by atoms with van der Waals surface area (Å²) in [7, 11) is 0. The number of hydrogen-bond acceptors (Lipinski definition) is 1. The molecule has 108 valence electrons. The van der Waals surface area contributed by atoms with E-state index in [-0.39, 0.29) is 5.91 Å². The Bertz CT molecular complexity index is 688. The second-order valence-electron chi connectivity index (χ2n) is 4.76. The molecule has 2 aromatic rings. The average Bonchev–Trinajstić information content (AvgIpc) is 2.44. The molecule has 0 fully saturated rings. The van der Waals surface area contributed by atoms with Crippen LogP contribution in [0.5, 0.6) is 0 Å². The summed E-state index contributed by atoms with van der Waals surface area (Å²) >= 11 is 11.8.